The van der Waals surface area contributed by atoms with E-state index in [4.69, 9.17) is 0 Å². The Morgan fingerprint density at radius 3 is 2.86 bits per heavy atom. The van der Waals surface area contributed by atoms with Crippen LogP contribution in [0.1, 0.15) is 23.0 Å². The number of fused-ring (bicyclic) bond motifs is 1. The van der Waals surface area contributed by atoms with Crippen molar-refractivity contribution in [2.75, 3.05) is 0 Å². The Balaban J connectivity index is 2.18. The normalized spacial score (nSPS) is 12.2. The number of thiazole rings is 1. The molecule has 0 radical (unpaired) electrons. The molecule has 21 heavy (non-hydrogen) atoms. The maximum absolute atomic E-state index is 12.3. The fraction of sp³-hybridized carbons (Fsp3) is 0.267. The van der Waals surface area contributed by atoms with Crippen LogP contribution in [0.3, 0.4) is 0 Å². The summed E-state index contributed by atoms with van der Waals surface area (Å²) in [4.78, 5) is 17.3. The molecule has 0 saturated carbocycles. The van der Waals surface area contributed by atoms with Gasteiger partial charge in [-0.3, -0.25) is 9.48 Å². The van der Waals surface area contributed by atoms with Crippen molar-refractivity contribution in [3.05, 3.63) is 46.5 Å². The summed E-state index contributed by atoms with van der Waals surface area (Å²) in [6.45, 7) is 4.90. The first-order valence-electron chi connectivity index (χ1n) is 6.77. The van der Waals surface area contributed by atoms with Crippen LogP contribution >= 0.6 is 11.3 Å². The molecule has 0 atom stereocenters. The van der Waals surface area contributed by atoms with E-state index in [1.165, 1.54) is 16.9 Å². The van der Waals surface area contributed by atoms with Crippen LogP contribution in [-0.2, 0) is 13.6 Å². The highest BCUT2D eigenvalue weighted by molar-refractivity contribution is 7.16. The highest BCUT2D eigenvalue weighted by Crippen LogP contribution is 2.18. The molecule has 0 aliphatic carbocycles. The molecule has 3 rings (SSSR count). The van der Waals surface area contributed by atoms with Gasteiger partial charge < -0.3 is 4.57 Å². The van der Waals surface area contributed by atoms with E-state index < -0.39 is 0 Å². The third-order valence-electron chi connectivity index (χ3n) is 3.39. The Kier molecular flexibility index (Phi) is 3.47. The van der Waals surface area contributed by atoms with Gasteiger partial charge in [0.2, 0.25) is 0 Å². The molecule has 0 saturated heterocycles. The molecule has 2 aromatic heterocycles. The van der Waals surface area contributed by atoms with Gasteiger partial charge in [0.1, 0.15) is 5.69 Å². The molecule has 2 heterocycles. The van der Waals surface area contributed by atoms with Crippen LogP contribution in [0.15, 0.2) is 35.5 Å². The van der Waals surface area contributed by atoms with Gasteiger partial charge in [0.05, 0.1) is 10.2 Å². The molecule has 0 aliphatic heterocycles. The van der Waals surface area contributed by atoms with Gasteiger partial charge in [-0.05, 0) is 37.6 Å². The predicted molar refractivity (Wildman–Crippen MR) is 83.3 cm³/mol. The molecule has 6 heteroatoms. The Morgan fingerprint density at radius 2 is 2.19 bits per heavy atom. The fourth-order valence-electron chi connectivity index (χ4n) is 2.30. The average Bonchev–Trinajstić information content (AvgIpc) is 3.01. The number of carbonyl (C=O) groups excluding carboxylic acids is 1. The molecule has 3 aromatic rings. The first kappa shape index (κ1) is 13.8. The highest BCUT2D eigenvalue weighted by atomic mass is 32.1. The molecule has 108 valence electrons. The first-order valence-corrected chi connectivity index (χ1v) is 7.59. The van der Waals surface area contributed by atoms with E-state index in [0.29, 0.717) is 5.69 Å². The molecule has 5 nitrogen and oxygen atoms in total. The molecule has 0 N–H and O–H groups in total. The summed E-state index contributed by atoms with van der Waals surface area (Å²) in [6.07, 6.45) is 1.60. The quantitative estimate of drug-likeness (QED) is 0.730. The van der Waals surface area contributed by atoms with Crippen molar-refractivity contribution in [3.8, 4) is 0 Å². The second-order valence-electron chi connectivity index (χ2n) is 4.86. The van der Waals surface area contributed by atoms with E-state index >= 15 is 0 Å². The monoisotopic (exact) mass is 300 g/mol. The second kappa shape index (κ2) is 5.29. The zero-order valence-corrected chi connectivity index (χ0v) is 13.0. The van der Waals surface area contributed by atoms with E-state index in [0.717, 1.165) is 21.6 Å². The van der Waals surface area contributed by atoms with Crippen molar-refractivity contribution >= 4 is 27.5 Å². The number of nitrogens with zero attached hydrogens (tertiary/aromatic N) is 4. The molecular weight excluding hydrogens is 284 g/mol. The van der Waals surface area contributed by atoms with Crippen molar-refractivity contribution in [2.24, 2.45) is 12.0 Å². The van der Waals surface area contributed by atoms with Crippen molar-refractivity contribution in [1.82, 2.24) is 14.3 Å². The van der Waals surface area contributed by atoms with Crippen molar-refractivity contribution in [1.29, 1.82) is 0 Å². The van der Waals surface area contributed by atoms with Crippen LogP contribution in [0.25, 0.3) is 10.2 Å². The SMILES string of the molecule is CCn1c(=NC(=O)c2ccnn2C)sc2cc(C)ccc21. The summed E-state index contributed by atoms with van der Waals surface area (Å²) in [5.41, 5.74) is 2.81. The Labute approximate surface area is 126 Å². The summed E-state index contributed by atoms with van der Waals surface area (Å²) in [6, 6.07) is 7.96. The molecule has 0 spiro atoms. The van der Waals surface area contributed by atoms with E-state index in [9.17, 15) is 4.79 Å². The molecule has 1 aromatic carbocycles. The lowest BCUT2D eigenvalue weighted by Crippen LogP contribution is -2.17. The fourth-order valence-corrected chi connectivity index (χ4v) is 3.49. The third kappa shape index (κ3) is 2.42. The summed E-state index contributed by atoms with van der Waals surface area (Å²) >= 11 is 1.54. The average molecular weight is 300 g/mol. The Morgan fingerprint density at radius 1 is 1.38 bits per heavy atom. The minimum absolute atomic E-state index is 0.263. The van der Waals surface area contributed by atoms with Crippen molar-refractivity contribution in [3.63, 3.8) is 0 Å². The van der Waals surface area contributed by atoms with Gasteiger partial charge in [-0.25, -0.2) is 0 Å². The van der Waals surface area contributed by atoms with Crippen LogP contribution in [0.4, 0.5) is 0 Å². The van der Waals surface area contributed by atoms with Crippen LogP contribution in [0.2, 0.25) is 0 Å². The largest absolute Gasteiger partial charge is 0.317 e. The van der Waals surface area contributed by atoms with E-state index in [-0.39, 0.29) is 5.91 Å². The third-order valence-corrected chi connectivity index (χ3v) is 4.43. The first-order chi connectivity index (χ1) is 10.1. The van der Waals surface area contributed by atoms with Gasteiger partial charge in [0.15, 0.2) is 4.80 Å². The van der Waals surface area contributed by atoms with Gasteiger partial charge in [-0.15, -0.1) is 0 Å². The van der Waals surface area contributed by atoms with Gasteiger partial charge in [0, 0.05) is 19.8 Å². The molecule has 0 unspecified atom stereocenters. The smallest absolute Gasteiger partial charge is 0.297 e. The Hall–Kier alpha value is -2.21. The highest BCUT2D eigenvalue weighted by Gasteiger charge is 2.11. The molecule has 0 aliphatic rings. The van der Waals surface area contributed by atoms with Crippen LogP contribution in [-0.4, -0.2) is 20.3 Å². The standard InChI is InChI=1S/C15H16N4OS/c1-4-19-11-6-5-10(2)9-13(11)21-15(19)17-14(20)12-7-8-16-18(12)3/h5-9H,4H2,1-3H3. The summed E-state index contributed by atoms with van der Waals surface area (Å²) in [5.74, 6) is -0.263. The van der Waals surface area contributed by atoms with Crippen LogP contribution in [0, 0.1) is 6.92 Å². The lowest BCUT2D eigenvalue weighted by Gasteiger charge is -2.00. The second-order valence-corrected chi connectivity index (χ2v) is 5.87. The zero-order valence-electron chi connectivity index (χ0n) is 12.2. The maximum Gasteiger partial charge on any atom is 0.297 e. The summed E-state index contributed by atoms with van der Waals surface area (Å²) in [5, 5.41) is 4.01. The van der Waals surface area contributed by atoms with E-state index in [1.807, 2.05) is 0 Å². The number of aromatic nitrogens is 3. The van der Waals surface area contributed by atoms with Crippen LogP contribution in [0.5, 0.6) is 0 Å². The lowest BCUT2D eigenvalue weighted by atomic mass is 10.2. The number of hydrogen-bond donors (Lipinski definition) is 0. The van der Waals surface area contributed by atoms with E-state index in [2.05, 4.69) is 46.7 Å². The summed E-state index contributed by atoms with van der Waals surface area (Å²) < 4.78 is 4.75. The van der Waals surface area contributed by atoms with Gasteiger partial charge in [0.25, 0.3) is 5.91 Å². The Bertz CT molecular complexity index is 885. The number of hydrogen-bond acceptors (Lipinski definition) is 3. The minimum atomic E-state index is -0.263. The molecule has 0 fully saturated rings. The van der Waals surface area contributed by atoms with Crippen molar-refractivity contribution < 1.29 is 4.79 Å². The minimum Gasteiger partial charge on any atom is -0.317 e. The summed E-state index contributed by atoms with van der Waals surface area (Å²) in [7, 11) is 1.74. The maximum atomic E-state index is 12.3. The van der Waals surface area contributed by atoms with Gasteiger partial charge in [-0.1, -0.05) is 17.4 Å². The van der Waals surface area contributed by atoms with Gasteiger partial charge in [-0.2, -0.15) is 10.1 Å². The molecule has 1 amide bonds. The van der Waals surface area contributed by atoms with E-state index in [1.54, 1.807) is 24.0 Å². The molecule has 0 bridgehead atoms. The predicted octanol–water partition coefficient (Wildman–Crippen LogP) is 2.51. The zero-order chi connectivity index (χ0) is 15.0. The topological polar surface area (TPSA) is 52.2 Å². The van der Waals surface area contributed by atoms with Gasteiger partial charge >= 0.3 is 0 Å². The number of carbonyl (C=O) groups is 1. The van der Waals surface area contributed by atoms with Crippen molar-refractivity contribution in [2.45, 2.75) is 20.4 Å². The number of aryl methyl sites for hydroxylation is 3. The number of amides is 1. The number of rotatable bonds is 2. The number of benzene rings is 1. The van der Waals surface area contributed by atoms with Crippen LogP contribution < -0.4 is 4.80 Å². The lowest BCUT2D eigenvalue weighted by molar-refractivity contribution is 0.0989. The molecular formula is C15H16N4OS.